The van der Waals surface area contributed by atoms with Crippen molar-refractivity contribution in [2.45, 2.75) is 12.8 Å². The van der Waals surface area contributed by atoms with Gasteiger partial charge in [-0.3, -0.25) is 9.52 Å². The lowest BCUT2D eigenvalue weighted by Crippen LogP contribution is -2.29. The van der Waals surface area contributed by atoms with E-state index in [9.17, 15) is 13.6 Å². The molecule has 0 aliphatic carbocycles. The van der Waals surface area contributed by atoms with Gasteiger partial charge in [-0.15, -0.1) is 11.3 Å². The molecule has 2 N–H and O–H groups in total. The number of aromatic nitrogens is 1. The Morgan fingerprint density at radius 2 is 2.06 bits per heavy atom. The molecule has 0 fully saturated rings. The molecule has 0 saturated heterocycles. The lowest BCUT2D eigenvalue weighted by Gasteiger charge is -2.22. The summed E-state index contributed by atoms with van der Waals surface area (Å²) in [7, 11) is 3.48. The van der Waals surface area contributed by atoms with Crippen LogP contribution >= 0.6 is 23.3 Å². The molecule has 1 aliphatic rings. The predicted molar refractivity (Wildman–Crippen MR) is 142 cm³/mol. The van der Waals surface area contributed by atoms with Crippen LogP contribution in [0.1, 0.15) is 21.6 Å². The van der Waals surface area contributed by atoms with Crippen LogP contribution in [0, 0.1) is 11.6 Å². The van der Waals surface area contributed by atoms with Crippen LogP contribution in [0.3, 0.4) is 0 Å². The zero-order valence-electron chi connectivity index (χ0n) is 19.5. The fourth-order valence-electron chi connectivity index (χ4n) is 4.18. The van der Waals surface area contributed by atoms with Crippen LogP contribution in [0.5, 0.6) is 0 Å². The highest BCUT2D eigenvalue weighted by atomic mass is 32.2. The van der Waals surface area contributed by atoms with Crippen molar-refractivity contribution in [1.29, 1.82) is 0 Å². The highest BCUT2D eigenvalue weighted by molar-refractivity contribution is 7.96. The molecule has 1 unspecified atom stereocenters. The van der Waals surface area contributed by atoms with E-state index < -0.39 is 17.9 Å². The molecule has 2 aromatic heterocycles. The van der Waals surface area contributed by atoms with E-state index in [0.29, 0.717) is 5.69 Å². The number of hydrogen-bond donors (Lipinski definition) is 2. The van der Waals surface area contributed by atoms with Gasteiger partial charge in [-0.25, -0.2) is 8.78 Å². The third kappa shape index (κ3) is 4.90. The third-order valence-corrected chi connectivity index (χ3v) is 7.12. The molecule has 1 aliphatic heterocycles. The van der Waals surface area contributed by atoms with Crippen LogP contribution in [0.25, 0.3) is 26.6 Å². The van der Waals surface area contributed by atoms with E-state index in [1.165, 1.54) is 6.07 Å². The molecule has 3 heterocycles. The number of ether oxygens (including phenoxy) is 1. The summed E-state index contributed by atoms with van der Waals surface area (Å²) in [6.45, 7) is 0.0270. The number of rotatable bonds is 6. The maximum Gasteiger partial charge on any atom is 0.167 e. The van der Waals surface area contributed by atoms with Gasteiger partial charge in [0.05, 0.1) is 17.8 Å². The zero-order valence-corrected chi connectivity index (χ0v) is 21.1. The largest absolute Gasteiger partial charge is 0.362 e. The Bertz CT molecular complexity index is 1420. The Morgan fingerprint density at radius 1 is 1.26 bits per heavy atom. The monoisotopic (exact) mass is 513 g/mol. The summed E-state index contributed by atoms with van der Waals surface area (Å²) < 4.78 is 39.5. The Labute approximate surface area is 210 Å². The molecule has 0 spiro atoms. The summed E-state index contributed by atoms with van der Waals surface area (Å²) in [6.07, 6.45) is 7.86. The number of dihydropyridines is 1. The number of thiophene rings is 1. The fraction of sp³-hybridized carbons (Fsp3) is 0.192. The molecule has 5 nitrogen and oxygen atoms in total. The first-order valence-electron chi connectivity index (χ1n) is 10.8. The quantitative estimate of drug-likeness (QED) is 0.246. The number of carbonyl (C=O) groups is 1. The molecule has 5 rings (SSSR count). The molecule has 35 heavy (non-hydrogen) atoms. The molecule has 1 atom stereocenters. The van der Waals surface area contributed by atoms with Crippen LogP contribution in [-0.4, -0.2) is 37.5 Å². The number of halogens is 2. The Kier molecular flexibility index (Phi) is 8.02. The average molecular weight is 514 g/mol. The van der Waals surface area contributed by atoms with Crippen LogP contribution in [0.15, 0.2) is 60.1 Å². The Morgan fingerprint density at radius 3 is 2.77 bits per heavy atom. The summed E-state index contributed by atoms with van der Waals surface area (Å²) in [5, 5.41) is 7.10. The number of aldehydes is 1. The number of nitrogens with one attached hydrogen (secondary N) is 2. The SMILES string of the molecule is CNSC.COC1NC=CC=C1c1c(C=O)n(Cc2cc(F)ccc2F)c2ccc3ccsc3c12. The van der Waals surface area contributed by atoms with Crippen LogP contribution in [-0.2, 0) is 11.3 Å². The lowest BCUT2D eigenvalue weighted by atomic mass is 9.98. The van der Waals surface area contributed by atoms with Crippen molar-refractivity contribution < 1.29 is 18.3 Å². The molecule has 0 bridgehead atoms. The van der Waals surface area contributed by atoms with Crippen molar-refractivity contribution in [2.75, 3.05) is 20.4 Å². The van der Waals surface area contributed by atoms with Gasteiger partial charge in [-0.1, -0.05) is 24.1 Å². The van der Waals surface area contributed by atoms with Crippen LogP contribution in [0.2, 0.25) is 0 Å². The second-order valence-corrected chi connectivity index (χ2v) is 9.40. The van der Waals surface area contributed by atoms with E-state index in [1.807, 2.05) is 49.0 Å². The smallest absolute Gasteiger partial charge is 0.167 e. The summed E-state index contributed by atoms with van der Waals surface area (Å²) in [4.78, 5) is 12.4. The molecule has 4 aromatic rings. The lowest BCUT2D eigenvalue weighted by molar-refractivity contribution is 0.111. The number of nitrogens with zero attached hydrogens (tertiary/aromatic N) is 1. The number of benzene rings is 2. The molecule has 2 aromatic carbocycles. The molecule has 182 valence electrons. The van der Waals surface area contributed by atoms with E-state index >= 15 is 0 Å². The minimum Gasteiger partial charge on any atom is -0.362 e. The van der Waals surface area contributed by atoms with E-state index in [2.05, 4.69) is 10.0 Å². The van der Waals surface area contributed by atoms with Crippen molar-refractivity contribution in [3.8, 4) is 0 Å². The molecule has 0 saturated carbocycles. The Balaban J connectivity index is 0.000000672. The average Bonchev–Trinajstić information content (AvgIpc) is 3.48. The summed E-state index contributed by atoms with van der Waals surface area (Å²) in [6, 6.07) is 9.28. The number of hydrogen-bond acceptors (Lipinski definition) is 6. The van der Waals surface area contributed by atoms with Gasteiger partial charge in [-0.2, -0.15) is 0 Å². The second kappa shape index (κ2) is 11.2. The van der Waals surface area contributed by atoms with Gasteiger partial charge in [0.1, 0.15) is 11.6 Å². The van der Waals surface area contributed by atoms with Gasteiger partial charge >= 0.3 is 0 Å². The van der Waals surface area contributed by atoms with Gasteiger partial charge in [0.25, 0.3) is 0 Å². The van der Waals surface area contributed by atoms with E-state index in [4.69, 9.17) is 4.74 Å². The first-order chi connectivity index (χ1) is 17.0. The number of allylic oxidation sites excluding steroid dienone is 2. The molecule has 9 heteroatoms. The normalized spacial score (nSPS) is 15.0. The second-order valence-electron chi connectivity index (χ2n) is 7.67. The van der Waals surface area contributed by atoms with Crippen LogP contribution in [0.4, 0.5) is 8.78 Å². The highest BCUT2D eigenvalue weighted by Crippen LogP contribution is 2.40. The number of carbonyl (C=O) groups excluding carboxylic acids is 1. The number of fused-ring (bicyclic) bond motifs is 3. The molecule has 0 amide bonds. The van der Waals surface area contributed by atoms with Crippen molar-refractivity contribution in [2.24, 2.45) is 0 Å². The maximum absolute atomic E-state index is 14.5. The minimum absolute atomic E-state index is 0.0270. The summed E-state index contributed by atoms with van der Waals surface area (Å²) in [5.41, 5.74) is 2.89. The first-order valence-corrected chi connectivity index (χ1v) is 12.9. The standard InChI is InChI=1S/C24H18F2N2O2S.C2H7NS/c1-30-24-17(3-2-9-27-24)21-20(13-29)28(12-15-11-16(25)5-6-18(15)26)19-7-4-14-8-10-31-23(14)22(19)21;1-3-4-2/h2-11,13,24,27H,12H2,1H3;3H,1-2H3. The van der Waals surface area contributed by atoms with E-state index in [-0.39, 0.29) is 12.1 Å². The predicted octanol–water partition coefficient (Wildman–Crippen LogP) is 5.95. The summed E-state index contributed by atoms with van der Waals surface area (Å²) >= 11 is 3.18. The zero-order chi connectivity index (χ0) is 24.9. The van der Waals surface area contributed by atoms with Crippen molar-refractivity contribution in [1.82, 2.24) is 14.6 Å². The fourth-order valence-corrected chi connectivity index (χ4v) is 5.13. The van der Waals surface area contributed by atoms with Gasteiger partial charge in [-0.05, 0) is 66.7 Å². The van der Waals surface area contributed by atoms with Gasteiger partial charge < -0.3 is 14.6 Å². The molecular weight excluding hydrogens is 488 g/mol. The van der Waals surface area contributed by atoms with Crippen molar-refractivity contribution in [3.05, 3.63) is 88.6 Å². The third-order valence-electron chi connectivity index (χ3n) is 5.77. The van der Waals surface area contributed by atoms with Gasteiger partial charge in [0.2, 0.25) is 0 Å². The minimum atomic E-state index is -0.523. The number of methoxy groups -OCH3 is 1. The van der Waals surface area contributed by atoms with E-state index in [0.717, 1.165) is 50.5 Å². The van der Waals surface area contributed by atoms with Gasteiger partial charge in [0, 0.05) is 33.9 Å². The van der Waals surface area contributed by atoms with Gasteiger partial charge in [0.15, 0.2) is 12.5 Å². The first kappa shape index (κ1) is 25.1. The topological polar surface area (TPSA) is 55.3 Å². The molecular formula is C26H25F2N3O2S2. The summed E-state index contributed by atoms with van der Waals surface area (Å²) in [5.74, 6) is -1.04. The van der Waals surface area contributed by atoms with Crippen molar-refractivity contribution >= 4 is 56.1 Å². The van der Waals surface area contributed by atoms with Crippen molar-refractivity contribution in [3.63, 3.8) is 0 Å². The van der Waals surface area contributed by atoms with Crippen LogP contribution < -0.4 is 10.0 Å². The van der Waals surface area contributed by atoms with E-state index in [1.54, 1.807) is 41.2 Å². The maximum atomic E-state index is 14.5. The molecule has 0 radical (unpaired) electrons. The Hall–Kier alpha value is -2.98. The highest BCUT2D eigenvalue weighted by Gasteiger charge is 2.27.